The fourth-order valence-electron chi connectivity index (χ4n) is 4.70. The fraction of sp³-hybridized carbons (Fsp3) is 0.333. The van der Waals surface area contributed by atoms with Crippen LogP contribution in [0.4, 0.5) is 0 Å². The van der Waals surface area contributed by atoms with Gasteiger partial charge in [-0.3, -0.25) is 24.8 Å². The maximum Gasteiger partial charge on any atom is 0.258 e. The van der Waals surface area contributed by atoms with Crippen molar-refractivity contribution < 1.29 is 18.9 Å². The first-order valence-electron chi connectivity index (χ1n) is 12.3. The topological polar surface area (TPSA) is 104 Å². The van der Waals surface area contributed by atoms with Gasteiger partial charge < -0.3 is 14.3 Å². The molecule has 10 nitrogen and oxygen atoms in total. The smallest absolute Gasteiger partial charge is 0.258 e. The molecule has 0 bridgehead atoms. The number of aromatic nitrogens is 2. The molecule has 2 amide bonds. The predicted octanol–water partition coefficient (Wildman–Crippen LogP) is 2.98. The summed E-state index contributed by atoms with van der Waals surface area (Å²) in [5, 5.41) is 4.21. The van der Waals surface area contributed by atoms with Gasteiger partial charge in [0, 0.05) is 51.3 Å². The molecule has 2 aliphatic rings. The molecule has 10 heteroatoms. The van der Waals surface area contributed by atoms with Gasteiger partial charge in [0.1, 0.15) is 6.04 Å². The van der Waals surface area contributed by atoms with Gasteiger partial charge in [0.15, 0.2) is 5.82 Å². The normalized spacial score (nSPS) is 18.1. The average molecular weight is 503 g/mol. The van der Waals surface area contributed by atoms with Crippen molar-refractivity contribution >= 4 is 11.8 Å². The number of hydrogen-bond donors (Lipinski definition) is 1. The van der Waals surface area contributed by atoms with Crippen LogP contribution in [0.5, 0.6) is 0 Å². The molecule has 1 aromatic heterocycles. The van der Waals surface area contributed by atoms with Crippen LogP contribution in [0.25, 0.3) is 11.1 Å². The minimum Gasteiger partial charge on any atom is -0.340 e. The molecule has 2 aromatic carbocycles. The van der Waals surface area contributed by atoms with E-state index in [1.165, 1.54) is 7.11 Å². The standard InChI is InChI=1S/C27H30N6O4/c1-19(34)32-14-12-31(13-15-32)18-25-28-26(30-37-25)24-16-23(29-36-2)17-33(24)27(35)22-10-8-21(9-11-22)20-6-4-3-5-7-20/h3-11,17,24,29H,12-16,18H2,1-2H3. The number of piperazine rings is 1. The van der Waals surface area contributed by atoms with Gasteiger partial charge in [-0.15, -0.1) is 0 Å². The third-order valence-corrected chi connectivity index (χ3v) is 6.71. The number of amides is 2. The number of carbonyl (C=O) groups excluding carboxylic acids is 2. The molecule has 5 rings (SSSR count). The van der Waals surface area contributed by atoms with E-state index in [-0.39, 0.29) is 11.8 Å². The molecule has 0 saturated carbocycles. The highest BCUT2D eigenvalue weighted by molar-refractivity contribution is 5.96. The molecule has 192 valence electrons. The summed E-state index contributed by atoms with van der Waals surface area (Å²) >= 11 is 0. The summed E-state index contributed by atoms with van der Waals surface area (Å²) in [5.74, 6) is 0.854. The van der Waals surface area contributed by atoms with Gasteiger partial charge in [0.05, 0.1) is 19.4 Å². The molecular formula is C27H30N6O4. The Morgan fingerprint density at radius 3 is 2.41 bits per heavy atom. The minimum absolute atomic E-state index is 0.0911. The van der Waals surface area contributed by atoms with Crippen molar-refractivity contribution in [3.05, 3.63) is 83.8 Å². The molecular weight excluding hydrogens is 472 g/mol. The lowest BCUT2D eigenvalue weighted by Gasteiger charge is -2.33. The van der Waals surface area contributed by atoms with E-state index in [1.54, 1.807) is 18.0 Å². The predicted molar refractivity (Wildman–Crippen MR) is 135 cm³/mol. The van der Waals surface area contributed by atoms with Gasteiger partial charge in [-0.1, -0.05) is 47.6 Å². The Kier molecular flexibility index (Phi) is 7.29. The second-order valence-corrected chi connectivity index (χ2v) is 9.16. The van der Waals surface area contributed by atoms with Crippen LogP contribution >= 0.6 is 0 Å². The molecule has 3 heterocycles. The third kappa shape index (κ3) is 5.55. The van der Waals surface area contributed by atoms with E-state index in [0.29, 0.717) is 43.3 Å². The summed E-state index contributed by atoms with van der Waals surface area (Å²) in [6, 6.07) is 17.2. The SMILES string of the molecule is CONC1=CN(C(=O)c2ccc(-c3ccccc3)cc2)C(c2noc(CN3CCN(C(C)=O)CC3)n2)C1. The Morgan fingerprint density at radius 2 is 1.73 bits per heavy atom. The Balaban J connectivity index is 1.30. The summed E-state index contributed by atoms with van der Waals surface area (Å²) in [7, 11) is 1.53. The van der Waals surface area contributed by atoms with Gasteiger partial charge in [-0.2, -0.15) is 4.98 Å². The molecule has 0 aliphatic carbocycles. The quantitative estimate of drug-likeness (QED) is 0.492. The van der Waals surface area contributed by atoms with E-state index in [1.807, 2.05) is 59.5 Å². The summed E-state index contributed by atoms with van der Waals surface area (Å²) in [6.07, 6.45) is 2.20. The molecule has 1 fully saturated rings. The molecule has 3 aromatic rings. The first-order valence-corrected chi connectivity index (χ1v) is 12.3. The highest BCUT2D eigenvalue weighted by atomic mass is 16.6. The maximum absolute atomic E-state index is 13.5. The number of carbonyl (C=O) groups is 2. The molecule has 0 radical (unpaired) electrons. The minimum atomic E-state index is -0.425. The Hall–Kier alpha value is -4.02. The zero-order chi connectivity index (χ0) is 25.8. The van der Waals surface area contributed by atoms with Crippen molar-refractivity contribution in [3.63, 3.8) is 0 Å². The van der Waals surface area contributed by atoms with Crippen LogP contribution in [-0.2, 0) is 16.2 Å². The maximum atomic E-state index is 13.5. The first-order chi connectivity index (χ1) is 18.0. The molecule has 37 heavy (non-hydrogen) atoms. The number of rotatable bonds is 7. The van der Waals surface area contributed by atoms with Gasteiger partial charge in [-0.05, 0) is 23.3 Å². The van der Waals surface area contributed by atoms with Crippen LogP contribution in [-0.4, -0.2) is 69.9 Å². The van der Waals surface area contributed by atoms with Crippen LogP contribution in [0, 0.1) is 0 Å². The molecule has 1 unspecified atom stereocenters. The summed E-state index contributed by atoms with van der Waals surface area (Å²) in [4.78, 5) is 40.4. The van der Waals surface area contributed by atoms with Crippen LogP contribution in [0.15, 0.2) is 71.0 Å². The second-order valence-electron chi connectivity index (χ2n) is 9.16. The lowest BCUT2D eigenvalue weighted by atomic mass is 10.0. The zero-order valence-corrected chi connectivity index (χ0v) is 21.0. The summed E-state index contributed by atoms with van der Waals surface area (Å²) < 4.78 is 5.55. The van der Waals surface area contributed by atoms with E-state index in [0.717, 1.165) is 29.9 Å². The molecule has 2 aliphatic heterocycles. The van der Waals surface area contributed by atoms with Gasteiger partial charge >= 0.3 is 0 Å². The van der Waals surface area contributed by atoms with E-state index < -0.39 is 6.04 Å². The van der Waals surface area contributed by atoms with Crippen LogP contribution in [0.3, 0.4) is 0 Å². The van der Waals surface area contributed by atoms with Crippen LogP contribution in [0.2, 0.25) is 0 Å². The largest absolute Gasteiger partial charge is 0.340 e. The van der Waals surface area contributed by atoms with Gasteiger partial charge in [-0.25, -0.2) is 0 Å². The van der Waals surface area contributed by atoms with E-state index >= 15 is 0 Å². The number of hydrogen-bond acceptors (Lipinski definition) is 8. The van der Waals surface area contributed by atoms with Crippen molar-refractivity contribution in [1.29, 1.82) is 0 Å². The lowest BCUT2D eigenvalue weighted by Crippen LogP contribution is -2.47. The first kappa shape index (κ1) is 24.7. The Morgan fingerprint density at radius 1 is 1.03 bits per heavy atom. The second kappa shape index (κ2) is 10.9. The van der Waals surface area contributed by atoms with Gasteiger partial charge in [0.25, 0.3) is 5.91 Å². The number of hydroxylamine groups is 1. The Labute approximate surface area is 215 Å². The molecule has 1 saturated heterocycles. The van der Waals surface area contributed by atoms with Crippen molar-refractivity contribution in [2.24, 2.45) is 0 Å². The zero-order valence-electron chi connectivity index (χ0n) is 21.0. The lowest BCUT2D eigenvalue weighted by molar-refractivity contribution is -0.130. The van der Waals surface area contributed by atoms with Crippen LogP contribution in [0.1, 0.15) is 41.5 Å². The summed E-state index contributed by atoms with van der Waals surface area (Å²) in [5.41, 5.74) is 6.28. The summed E-state index contributed by atoms with van der Waals surface area (Å²) in [6.45, 7) is 4.94. The number of nitrogens with zero attached hydrogens (tertiary/aromatic N) is 5. The highest BCUT2D eigenvalue weighted by Gasteiger charge is 2.35. The average Bonchev–Trinajstić information content (AvgIpc) is 3.56. The number of benzene rings is 2. The fourth-order valence-corrected chi connectivity index (χ4v) is 4.70. The molecule has 1 N–H and O–H groups in total. The molecule has 0 spiro atoms. The van der Waals surface area contributed by atoms with Crippen molar-refractivity contribution in [2.75, 3.05) is 33.3 Å². The van der Waals surface area contributed by atoms with E-state index in [4.69, 9.17) is 9.36 Å². The van der Waals surface area contributed by atoms with Crippen molar-refractivity contribution in [3.8, 4) is 11.1 Å². The highest BCUT2D eigenvalue weighted by Crippen LogP contribution is 2.33. The Bertz CT molecular complexity index is 1270. The van der Waals surface area contributed by atoms with Crippen LogP contribution < -0.4 is 5.48 Å². The molecule has 1 atom stereocenters. The van der Waals surface area contributed by atoms with Crippen molar-refractivity contribution in [1.82, 2.24) is 30.3 Å². The number of nitrogens with one attached hydrogen (secondary N) is 1. The van der Waals surface area contributed by atoms with Crippen molar-refractivity contribution in [2.45, 2.75) is 25.9 Å². The monoisotopic (exact) mass is 502 g/mol. The third-order valence-electron chi connectivity index (χ3n) is 6.71. The van der Waals surface area contributed by atoms with Gasteiger partial charge in [0.2, 0.25) is 11.8 Å². The van der Waals surface area contributed by atoms with E-state index in [2.05, 4.69) is 20.5 Å². The van der Waals surface area contributed by atoms with E-state index in [9.17, 15) is 9.59 Å².